The third kappa shape index (κ3) is 4.08. The molecule has 3 heteroatoms. The molecular formula is C11H13N2Y-. The first-order valence-electron chi connectivity index (χ1n) is 4.07. The van der Waals surface area contributed by atoms with Gasteiger partial charge in [0.2, 0.25) is 0 Å². The van der Waals surface area contributed by atoms with Gasteiger partial charge < -0.3 is 11.5 Å². The molecule has 71 valence electrons. The summed E-state index contributed by atoms with van der Waals surface area (Å²) in [5.74, 6) is 0. The van der Waals surface area contributed by atoms with Crippen LogP contribution in [0.3, 0.4) is 0 Å². The summed E-state index contributed by atoms with van der Waals surface area (Å²) < 4.78 is 0. The van der Waals surface area contributed by atoms with E-state index in [0.29, 0.717) is 5.70 Å². The van der Waals surface area contributed by atoms with Gasteiger partial charge in [-0.05, 0) is 24.0 Å². The molecular weight excluding hydrogens is 249 g/mol. The number of rotatable bonds is 2. The van der Waals surface area contributed by atoms with Gasteiger partial charge in [-0.15, -0.1) is 5.56 Å². The average Bonchev–Trinajstić information content (AvgIpc) is 2.15. The number of nitrogens with two attached hydrogens (primary N) is 2. The normalized spacial score (nSPS) is 11.4. The van der Waals surface area contributed by atoms with Crippen LogP contribution in [-0.4, -0.2) is 0 Å². The molecule has 0 saturated heterocycles. The van der Waals surface area contributed by atoms with Crippen molar-refractivity contribution < 1.29 is 32.7 Å². The molecule has 0 saturated carbocycles. The van der Waals surface area contributed by atoms with E-state index in [-0.39, 0.29) is 32.7 Å². The average molecular weight is 262 g/mol. The Hall–Kier alpha value is -0.596. The first-order valence-corrected chi connectivity index (χ1v) is 4.07. The monoisotopic (exact) mass is 262 g/mol. The summed E-state index contributed by atoms with van der Waals surface area (Å²) in [5.41, 5.74) is 13.7. The second-order valence-electron chi connectivity index (χ2n) is 2.77. The Kier molecular flexibility index (Phi) is 6.51. The van der Waals surface area contributed by atoms with Crippen molar-refractivity contribution >= 4 is 5.70 Å². The fourth-order valence-electron chi connectivity index (χ4n) is 0.938. The maximum atomic E-state index is 5.77. The summed E-state index contributed by atoms with van der Waals surface area (Å²) in [7, 11) is 0. The van der Waals surface area contributed by atoms with E-state index in [1.54, 1.807) is 12.2 Å². The number of hydrogen-bond acceptors (Lipinski definition) is 2. The number of aryl methyl sites for hydroxylation is 1. The van der Waals surface area contributed by atoms with Crippen LogP contribution in [0.15, 0.2) is 36.6 Å². The topological polar surface area (TPSA) is 52.0 Å². The van der Waals surface area contributed by atoms with Gasteiger partial charge in [0.1, 0.15) is 0 Å². The van der Waals surface area contributed by atoms with E-state index in [0.717, 1.165) is 11.1 Å². The molecule has 0 spiro atoms. The smallest absolute Gasteiger partial charge is 0 e. The van der Waals surface area contributed by atoms with Gasteiger partial charge in [0.25, 0.3) is 0 Å². The van der Waals surface area contributed by atoms with Gasteiger partial charge in [-0.2, -0.15) is 29.8 Å². The van der Waals surface area contributed by atoms with Crippen LogP contribution >= 0.6 is 0 Å². The predicted octanol–water partition coefficient (Wildman–Crippen LogP) is 1.56. The third-order valence-electron chi connectivity index (χ3n) is 1.69. The van der Waals surface area contributed by atoms with Crippen molar-refractivity contribution in [2.24, 2.45) is 11.5 Å². The van der Waals surface area contributed by atoms with Crippen LogP contribution in [0.4, 0.5) is 0 Å². The van der Waals surface area contributed by atoms with Crippen LogP contribution in [-0.2, 0) is 32.7 Å². The molecule has 0 unspecified atom stereocenters. The van der Waals surface area contributed by atoms with Gasteiger partial charge in [-0.25, -0.2) is 0 Å². The maximum Gasteiger partial charge on any atom is 0 e. The Morgan fingerprint density at radius 1 is 1.43 bits per heavy atom. The van der Waals surface area contributed by atoms with E-state index in [2.05, 4.69) is 6.07 Å². The molecule has 4 N–H and O–H groups in total. The molecule has 1 rings (SSSR count). The SMILES string of the molecule is Cc1[c-]cc(/C(N)=C/C=C\N)cc1.[Y]. The van der Waals surface area contributed by atoms with Crippen LogP contribution < -0.4 is 11.5 Å². The summed E-state index contributed by atoms with van der Waals surface area (Å²) in [5, 5.41) is 0. The predicted molar refractivity (Wildman–Crippen MR) is 55.5 cm³/mol. The van der Waals surface area contributed by atoms with Crippen LogP contribution in [0, 0.1) is 13.0 Å². The minimum atomic E-state index is 0. The molecule has 0 fully saturated rings. The van der Waals surface area contributed by atoms with E-state index < -0.39 is 0 Å². The first-order chi connectivity index (χ1) is 6.24. The van der Waals surface area contributed by atoms with Gasteiger partial charge in [0.15, 0.2) is 0 Å². The third-order valence-corrected chi connectivity index (χ3v) is 1.69. The zero-order valence-corrected chi connectivity index (χ0v) is 11.0. The largest absolute Gasteiger partial charge is 0.408 e. The Labute approximate surface area is 110 Å². The molecule has 1 aromatic carbocycles. The number of hydrogen-bond donors (Lipinski definition) is 2. The summed E-state index contributed by atoms with van der Waals surface area (Å²) in [6.07, 6.45) is 4.92. The maximum absolute atomic E-state index is 5.77. The molecule has 0 aromatic heterocycles. The molecule has 2 nitrogen and oxygen atoms in total. The van der Waals surface area contributed by atoms with Crippen molar-refractivity contribution in [3.8, 4) is 0 Å². The quantitative estimate of drug-likeness (QED) is 0.627. The molecule has 1 aromatic rings. The second kappa shape index (κ2) is 6.80. The van der Waals surface area contributed by atoms with Crippen molar-refractivity contribution in [3.63, 3.8) is 0 Å². The van der Waals surface area contributed by atoms with Crippen molar-refractivity contribution in [3.05, 3.63) is 53.7 Å². The molecule has 0 heterocycles. The molecule has 0 atom stereocenters. The van der Waals surface area contributed by atoms with Gasteiger partial charge >= 0.3 is 0 Å². The minimum absolute atomic E-state index is 0. The van der Waals surface area contributed by atoms with Crippen molar-refractivity contribution in [2.45, 2.75) is 6.92 Å². The fourth-order valence-corrected chi connectivity index (χ4v) is 0.938. The fraction of sp³-hybridized carbons (Fsp3) is 0.0909. The summed E-state index contributed by atoms with van der Waals surface area (Å²) >= 11 is 0. The van der Waals surface area contributed by atoms with E-state index >= 15 is 0 Å². The van der Waals surface area contributed by atoms with Crippen LogP contribution in [0.1, 0.15) is 11.1 Å². The molecule has 0 aliphatic carbocycles. The van der Waals surface area contributed by atoms with Crippen LogP contribution in [0.2, 0.25) is 0 Å². The Morgan fingerprint density at radius 3 is 2.64 bits per heavy atom. The molecule has 0 aliphatic heterocycles. The van der Waals surface area contributed by atoms with Crippen LogP contribution in [0.5, 0.6) is 0 Å². The number of benzene rings is 1. The molecule has 1 radical (unpaired) electrons. The Bertz CT molecular complexity index is 326. The van der Waals surface area contributed by atoms with Gasteiger partial charge in [0, 0.05) is 32.7 Å². The van der Waals surface area contributed by atoms with Crippen molar-refractivity contribution in [1.82, 2.24) is 0 Å². The van der Waals surface area contributed by atoms with Crippen molar-refractivity contribution in [2.75, 3.05) is 0 Å². The summed E-state index contributed by atoms with van der Waals surface area (Å²) in [6.45, 7) is 1.99. The van der Waals surface area contributed by atoms with Gasteiger partial charge in [-0.1, -0.05) is 6.92 Å². The minimum Gasteiger partial charge on any atom is -0.408 e. The Morgan fingerprint density at radius 2 is 2.14 bits per heavy atom. The van der Waals surface area contributed by atoms with E-state index in [1.165, 1.54) is 6.20 Å². The molecule has 0 bridgehead atoms. The van der Waals surface area contributed by atoms with E-state index in [4.69, 9.17) is 11.5 Å². The molecule has 14 heavy (non-hydrogen) atoms. The standard InChI is InChI=1S/C11H13N2.Y/c1-9-4-6-10(7-5-9)11(13)3-2-8-12;/h2-4,6-8H,12-13H2,1H3;/q-1;/b8-2-,11-3-;. The summed E-state index contributed by atoms with van der Waals surface area (Å²) in [4.78, 5) is 0. The van der Waals surface area contributed by atoms with E-state index in [9.17, 15) is 0 Å². The molecule has 0 aliphatic rings. The van der Waals surface area contributed by atoms with Crippen LogP contribution in [0.25, 0.3) is 5.70 Å². The van der Waals surface area contributed by atoms with Crippen molar-refractivity contribution in [1.29, 1.82) is 0 Å². The molecule has 0 amide bonds. The first kappa shape index (κ1) is 13.4. The van der Waals surface area contributed by atoms with Gasteiger partial charge in [-0.3, -0.25) is 0 Å². The number of allylic oxidation sites excluding steroid dienone is 2. The van der Waals surface area contributed by atoms with Gasteiger partial charge in [0.05, 0.1) is 0 Å². The van der Waals surface area contributed by atoms with E-state index in [1.807, 2.05) is 25.1 Å². The summed E-state index contributed by atoms with van der Waals surface area (Å²) in [6, 6.07) is 8.88. The Balaban J connectivity index is 0.00000169. The zero-order valence-electron chi connectivity index (χ0n) is 8.20. The second-order valence-corrected chi connectivity index (χ2v) is 2.77. The zero-order chi connectivity index (χ0) is 9.68.